The molecule has 1 N–H and O–H groups in total. The first kappa shape index (κ1) is 14.6. The number of methoxy groups -OCH3 is 1. The molecule has 1 heterocycles. The molecule has 1 aromatic heterocycles. The van der Waals surface area contributed by atoms with E-state index in [1.807, 2.05) is 32.0 Å². The largest absolute Gasteiger partial charge is 0.480 e. The van der Waals surface area contributed by atoms with Crippen molar-refractivity contribution in [3.05, 3.63) is 48.4 Å². The van der Waals surface area contributed by atoms with Gasteiger partial charge in [0, 0.05) is 5.69 Å². The third-order valence-corrected chi connectivity index (χ3v) is 2.09. The summed E-state index contributed by atoms with van der Waals surface area (Å²) in [5.74, 6) is -0.00619. The molecule has 100 valence electrons. The van der Waals surface area contributed by atoms with Crippen molar-refractivity contribution in [3.8, 4) is 5.88 Å². The minimum Gasteiger partial charge on any atom is -0.480 e. The average Bonchev–Trinajstić information content (AvgIpc) is 2.50. The first-order chi connectivity index (χ1) is 9.29. The maximum atomic E-state index is 11.8. The van der Waals surface area contributed by atoms with E-state index in [0.29, 0.717) is 11.6 Å². The lowest BCUT2D eigenvalue weighted by molar-refractivity contribution is 0.102. The zero-order valence-electron chi connectivity index (χ0n) is 11.3. The Labute approximate surface area is 112 Å². The maximum Gasteiger partial charge on any atom is 0.276 e. The predicted molar refractivity (Wildman–Crippen MR) is 74.3 cm³/mol. The van der Waals surface area contributed by atoms with E-state index in [1.54, 1.807) is 12.1 Å². The lowest BCUT2D eigenvalue weighted by Crippen LogP contribution is -2.14. The molecule has 0 spiro atoms. The van der Waals surface area contributed by atoms with Crippen LogP contribution in [-0.2, 0) is 0 Å². The van der Waals surface area contributed by atoms with Gasteiger partial charge in [0.15, 0.2) is 5.69 Å². The Morgan fingerprint density at radius 2 is 1.84 bits per heavy atom. The summed E-state index contributed by atoms with van der Waals surface area (Å²) in [4.78, 5) is 19.7. The molecular weight excluding hydrogens is 242 g/mol. The Morgan fingerprint density at radius 3 is 2.47 bits per heavy atom. The van der Waals surface area contributed by atoms with Crippen LogP contribution in [0, 0.1) is 0 Å². The predicted octanol–water partition coefficient (Wildman–Crippen LogP) is 2.76. The highest BCUT2D eigenvalue weighted by Gasteiger charge is 2.08. The van der Waals surface area contributed by atoms with Gasteiger partial charge >= 0.3 is 0 Å². The Morgan fingerprint density at radius 1 is 1.16 bits per heavy atom. The Balaban J connectivity index is 0.000000861. The zero-order valence-corrected chi connectivity index (χ0v) is 11.3. The van der Waals surface area contributed by atoms with Crippen LogP contribution in [0.4, 0.5) is 5.69 Å². The summed E-state index contributed by atoms with van der Waals surface area (Å²) in [6.07, 6.45) is 2.83. The number of nitrogens with zero attached hydrogens (tertiary/aromatic N) is 2. The van der Waals surface area contributed by atoms with E-state index in [2.05, 4.69) is 15.3 Å². The number of rotatable bonds is 3. The second-order valence-electron chi connectivity index (χ2n) is 3.27. The van der Waals surface area contributed by atoms with Gasteiger partial charge in [-0.2, -0.15) is 0 Å². The van der Waals surface area contributed by atoms with E-state index in [1.165, 1.54) is 19.5 Å². The van der Waals surface area contributed by atoms with E-state index >= 15 is 0 Å². The molecule has 1 aromatic carbocycles. The van der Waals surface area contributed by atoms with E-state index < -0.39 is 0 Å². The van der Waals surface area contributed by atoms with Crippen molar-refractivity contribution in [2.45, 2.75) is 13.8 Å². The summed E-state index contributed by atoms with van der Waals surface area (Å²) in [6, 6.07) is 9.15. The highest BCUT2D eigenvalue weighted by atomic mass is 16.5. The van der Waals surface area contributed by atoms with Gasteiger partial charge in [-0.1, -0.05) is 32.0 Å². The molecule has 19 heavy (non-hydrogen) atoms. The number of anilines is 1. The van der Waals surface area contributed by atoms with Crippen molar-refractivity contribution < 1.29 is 9.53 Å². The van der Waals surface area contributed by atoms with E-state index in [9.17, 15) is 4.79 Å². The first-order valence-corrected chi connectivity index (χ1v) is 6.02. The number of nitrogens with one attached hydrogen (secondary N) is 1. The summed E-state index contributed by atoms with van der Waals surface area (Å²) in [5, 5.41) is 2.71. The molecule has 0 radical (unpaired) electrons. The maximum absolute atomic E-state index is 11.8. The van der Waals surface area contributed by atoms with Crippen LogP contribution < -0.4 is 10.1 Å². The molecule has 1 amide bonds. The second kappa shape index (κ2) is 7.81. The minimum absolute atomic E-state index is 0.216. The Bertz CT molecular complexity index is 515. The molecule has 0 bridgehead atoms. The number of aromatic nitrogens is 2. The van der Waals surface area contributed by atoms with Crippen LogP contribution in [0.1, 0.15) is 24.3 Å². The zero-order chi connectivity index (χ0) is 14.1. The quantitative estimate of drug-likeness (QED) is 0.920. The van der Waals surface area contributed by atoms with Gasteiger partial charge in [0.1, 0.15) is 0 Å². The molecule has 2 aromatic rings. The Kier molecular flexibility index (Phi) is 6.02. The van der Waals surface area contributed by atoms with Crippen LogP contribution in [0.15, 0.2) is 42.7 Å². The van der Waals surface area contributed by atoms with Gasteiger partial charge in [0.2, 0.25) is 5.88 Å². The number of para-hydroxylation sites is 1. The van der Waals surface area contributed by atoms with Crippen molar-refractivity contribution in [2.75, 3.05) is 12.4 Å². The molecule has 0 aliphatic carbocycles. The van der Waals surface area contributed by atoms with Crippen LogP contribution in [0.25, 0.3) is 0 Å². The lowest BCUT2D eigenvalue weighted by Gasteiger charge is -2.04. The molecule has 0 unspecified atom stereocenters. The van der Waals surface area contributed by atoms with Crippen molar-refractivity contribution in [1.82, 2.24) is 9.97 Å². The van der Waals surface area contributed by atoms with Gasteiger partial charge in [0.25, 0.3) is 5.91 Å². The summed E-state index contributed by atoms with van der Waals surface area (Å²) < 4.78 is 4.90. The number of ether oxygens (including phenoxy) is 1. The molecular formula is C14H17N3O2. The summed E-state index contributed by atoms with van der Waals surface area (Å²) >= 11 is 0. The van der Waals surface area contributed by atoms with Gasteiger partial charge in [-0.05, 0) is 12.1 Å². The molecule has 5 nitrogen and oxygen atoms in total. The molecule has 2 rings (SSSR count). The fraction of sp³-hybridized carbons (Fsp3) is 0.214. The number of hydrogen-bond acceptors (Lipinski definition) is 4. The van der Waals surface area contributed by atoms with Crippen molar-refractivity contribution in [1.29, 1.82) is 0 Å². The smallest absolute Gasteiger partial charge is 0.276 e. The molecule has 0 saturated heterocycles. The van der Waals surface area contributed by atoms with Crippen LogP contribution in [0.2, 0.25) is 0 Å². The van der Waals surface area contributed by atoms with E-state index in [0.717, 1.165) is 0 Å². The average molecular weight is 259 g/mol. The topological polar surface area (TPSA) is 64.1 Å². The van der Waals surface area contributed by atoms with E-state index in [4.69, 9.17) is 4.74 Å². The summed E-state index contributed by atoms with van der Waals surface area (Å²) in [5.41, 5.74) is 0.926. The molecule has 0 atom stereocenters. The third-order valence-electron chi connectivity index (χ3n) is 2.09. The summed E-state index contributed by atoms with van der Waals surface area (Å²) in [6.45, 7) is 4.00. The number of hydrogen-bond donors (Lipinski definition) is 1. The first-order valence-electron chi connectivity index (χ1n) is 6.02. The molecule has 5 heteroatoms. The minimum atomic E-state index is -0.317. The van der Waals surface area contributed by atoms with Gasteiger partial charge in [-0.25, -0.2) is 4.98 Å². The normalized spacial score (nSPS) is 9.00. The number of carbonyl (C=O) groups excluding carboxylic acids is 1. The molecule has 0 fully saturated rings. The third kappa shape index (κ3) is 4.39. The van der Waals surface area contributed by atoms with Crippen LogP contribution in [0.3, 0.4) is 0 Å². The van der Waals surface area contributed by atoms with Gasteiger partial charge in [-0.15, -0.1) is 0 Å². The van der Waals surface area contributed by atoms with Gasteiger partial charge in [0.05, 0.1) is 19.5 Å². The fourth-order valence-corrected chi connectivity index (χ4v) is 1.27. The lowest BCUT2D eigenvalue weighted by atomic mass is 10.3. The molecule has 0 saturated carbocycles. The van der Waals surface area contributed by atoms with Crippen molar-refractivity contribution in [3.63, 3.8) is 0 Å². The number of amides is 1. The van der Waals surface area contributed by atoms with Crippen LogP contribution in [-0.4, -0.2) is 23.0 Å². The molecule has 0 aliphatic rings. The van der Waals surface area contributed by atoms with Crippen molar-refractivity contribution in [2.24, 2.45) is 0 Å². The number of carbonyl (C=O) groups is 1. The highest BCUT2D eigenvalue weighted by molar-refractivity contribution is 6.02. The second-order valence-corrected chi connectivity index (χ2v) is 3.27. The van der Waals surface area contributed by atoms with Gasteiger partial charge < -0.3 is 10.1 Å². The monoisotopic (exact) mass is 259 g/mol. The number of benzene rings is 1. The SMILES string of the molecule is CC.COc1cncc(C(=O)Nc2ccccc2)n1. The Hall–Kier alpha value is -2.43. The highest BCUT2D eigenvalue weighted by Crippen LogP contribution is 2.09. The van der Waals surface area contributed by atoms with E-state index in [-0.39, 0.29) is 11.6 Å². The fourth-order valence-electron chi connectivity index (χ4n) is 1.27. The van der Waals surface area contributed by atoms with Crippen molar-refractivity contribution >= 4 is 11.6 Å². The molecule has 0 aliphatic heterocycles. The van der Waals surface area contributed by atoms with Crippen LogP contribution >= 0.6 is 0 Å². The summed E-state index contributed by atoms with van der Waals surface area (Å²) in [7, 11) is 1.48. The van der Waals surface area contributed by atoms with Gasteiger partial charge in [-0.3, -0.25) is 9.78 Å². The standard InChI is InChI=1S/C12H11N3O2.C2H6/c1-17-11-8-13-7-10(15-11)12(16)14-9-5-3-2-4-6-9;1-2/h2-8H,1H3,(H,14,16);1-2H3. The van der Waals surface area contributed by atoms with Crippen LogP contribution in [0.5, 0.6) is 5.88 Å².